The van der Waals surface area contributed by atoms with E-state index >= 15 is 0 Å². The smallest absolute Gasteiger partial charge is 0.246 e. The molecule has 0 heterocycles. The van der Waals surface area contributed by atoms with Crippen LogP contribution in [0.15, 0.2) is 23.1 Å². The number of rotatable bonds is 7. The molecule has 6 heteroatoms. The maximum atomic E-state index is 12.7. The Morgan fingerprint density at radius 2 is 2.00 bits per heavy atom. The second kappa shape index (κ2) is 7.06. The summed E-state index contributed by atoms with van der Waals surface area (Å²) in [5.41, 5.74) is 0.618. The lowest BCUT2D eigenvalue weighted by Crippen LogP contribution is -2.37. The van der Waals surface area contributed by atoms with Crippen LogP contribution in [0.4, 0.5) is 0 Å². The van der Waals surface area contributed by atoms with Crippen molar-refractivity contribution >= 4 is 10.0 Å². The van der Waals surface area contributed by atoms with Crippen LogP contribution in [0.5, 0.6) is 5.75 Å². The molecule has 5 nitrogen and oxygen atoms in total. The van der Waals surface area contributed by atoms with Gasteiger partial charge in [0.1, 0.15) is 10.6 Å². The van der Waals surface area contributed by atoms with Gasteiger partial charge in [-0.2, -0.15) is 4.31 Å². The second-order valence-corrected chi connectivity index (χ2v) is 6.71. The SMILES string of the molecule is CCCN(C(C)C)S(=O)(=O)c1ccc(CO)cc1OC. The summed E-state index contributed by atoms with van der Waals surface area (Å²) in [4.78, 5) is 0.138. The summed E-state index contributed by atoms with van der Waals surface area (Å²) in [6, 6.07) is 4.52. The van der Waals surface area contributed by atoms with Gasteiger partial charge in [0.15, 0.2) is 0 Å². The molecule has 0 aliphatic heterocycles. The number of aliphatic hydroxyl groups is 1. The number of sulfonamides is 1. The third-order valence-corrected chi connectivity index (χ3v) is 5.13. The number of hydrogen-bond acceptors (Lipinski definition) is 4. The number of methoxy groups -OCH3 is 1. The van der Waals surface area contributed by atoms with Gasteiger partial charge in [-0.1, -0.05) is 13.0 Å². The number of ether oxygens (including phenoxy) is 1. The van der Waals surface area contributed by atoms with Gasteiger partial charge >= 0.3 is 0 Å². The number of hydrogen-bond donors (Lipinski definition) is 1. The van der Waals surface area contributed by atoms with Gasteiger partial charge < -0.3 is 9.84 Å². The van der Waals surface area contributed by atoms with Crippen molar-refractivity contribution in [3.05, 3.63) is 23.8 Å². The Balaban J connectivity index is 3.33. The molecule has 0 atom stereocenters. The van der Waals surface area contributed by atoms with Crippen molar-refractivity contribution in [1.82, 2.24) is 4.31 Å². The molecule has 1 rings (SSSR count). The predicted octanol–water partition coefficient (Wildman–Crippen LogP) is 2.00. The Labute approximate surface area is 121 Å². The first-order chi connectivity index (χ1) is 9.38. The van der Waals surface area contributed by atoms with Crippen LogP contribution in [0.25, 0.3) is 0 Å². The Morgan fingerprint density at radius 3 is 2.45 bits per heavy atom. The Hall–Kier alpha value is -1.11. The van der Waals surface area contributed by atoms with Crippen molar-refractivity contribution in [2.24, 2.45) is 0 Å². The van der Waals surface area contributed by atoms with Gasteiger partial charge in [-0.05, 0) is 38.0 Å². The first-order valence-corrected chi connectivity index (χ1v) is 8.12. The lowest BCUT2D eigenvalue weighted by atomic mass is 10.2. The highest BCUT2D eigenvalue weighted by Crippen LogP contribution is 2.29. The molecule has 1 aromatic carbocycles. The Kier molecular flexibility index (Phi) is 5.98. The predicted molar refractivity (Wildman–Crippen MR) is 78.2 cm³/mol. The summed E-state index contributed by atoms with van der Waals surface area (Å²) in [6.07, 6.45) is 0.744. The second-order valence-electron chi connectivity index (χ2n) is 4.85. The minimum atomic E-state index is -3.60. The standard InChI is InChI=1S/C14H23NO4S/c1-5-8-15(11(2)3)20(17,18)14-7-6-12(10-16)9-13(14)19-4/h6-7,9,11,16H,5,8,10H2,1-4H3. The van der Waals surface area contributed by atoms with Gasteiger partial charge in [-0.15, -0.1) is 0 Å². The minimum absolute atomic E-state index is 0.123. The fourth-order valence-corrected chi connectivity index (χ4v) is 3.89. The molecule has 1 aromatic rings. The molecule has 0 aliphatic rings. The topological polar surface area (TPSA) is 66.8 Å². The molecular weight excluding hydrogens is 278 g/mol. The number of aliphatic hydroxyl groups excluding tert-OH is 1. The molecule has 0 aliphatic carbocycles. The van der Waals surface area contributed by atoms with Crippen molar-refractivity contribution in [2.75, 3.05) is 13.7 Å². The third-order valence-electron chi connectivity index (χ3n) is 3.02. The molecule has 0 saturated heterocycles. The summed E-state index contributed by atoms with van der Waals surface area (Å²) in [6.45, 7) is 5.95. The molecule has 114 valence electrons. The van der Waals surface area contributed by atoms with Crippen LogP contribution in [-0.4, -0.2) is 37.5 Å². The maximum Gasteiger partial charge on any atom is 0.246 e. The van der Waals surface area contributed by atoms with Crippen molar-refractivity contribution in [2.45, 2.75) is 44.7 Å². The van der Waals surface area contributed by atoms with E-state index in [1.807, 2.05) is 20.8 Å². The summed E-state index contributed by atoms with van der Waals surface area (Å²) in [5, 5.41) is 9.12. The Morgan fingerprint density at radius 1 is 1.35 bits per heavy atom. The highest BCUT2D eigenvalue weighted by atomic mass is 32.2. The number of nitrogens with zero attached hydrogens (tertiary/aromatic N) is 1. The fraction of sp³-hybridized carbons (Fsp3) is 0.571. The summed E-state index contributed by atoms with van der Waals surface area (Å²) in [5.74, 6) is 0.262. The van der Waals surface area contributed by atoms with Crippen LogP contribution in [-0.2, 0) is 16.6 Å². The molecule has 0 radical (unpaired) electrons. The zero-order valence-electron chi connectivity index (χ0n) is 12.5. The average Bonchev–Trinajstić information content (AvgIpc) is 2.43. The quantitative estimate of drug-likeness (QED) is 0.836. The minimum Gasteiger partial charge on any atom is -0.495 e. The Bertz CT molecular complexity index is 540. The fourth-order valence-electron chi connectivity index (χ4n) is 2.03. The molecule has 0 aromatic heterocycles. The lowest BCUT2D eigenvalue weighted by Gasteiger charge is -2.26. The largest absolute Gasteiger partial charge is 0.495 e. The van der Waals surface area contributed by atoms with Crippen molar-refractivity contribution < 1.29 is 18.3 Å². The van der Waals surface area contributed by atoms with Crippen LogP contribution < -0.4 is 4.74 Å². The van der Waals surface area contributed by atoms with E-state index in [4.69, 9.17) is 9.84 Å². The highest BCUT2D eigenvalue weighted by Gasteiger charge is 2.29. The van der Waals surface area contributed by atoms with Crippen LogP contribution in [0.3, 0.4) is 0 Å². The van der Waals surface area contributed by atoms with Crippen LogP contribution in [0, 0.1) is 0 Å². The summed E-state index contributed by atoms with van der Waals surface area (Å²) >= 11 is 0. The van der Waals surface area contributed by atoms with Gasteiger partial charge in [-0.3, -0.25) is 0 Å². The van der Waals surface area contributed by atoms with Crippen molar-refractivity contribution in [3.63, 3.8) is 0 Å². The monoisotopic (exact) mass is 301 g/mol. The zero-order valence-corrected chi connectivity index (χ0v) is 13.3. The van der Waals surface area contributed by atoms with Crippen LogP contribution in [0.2, 0.25) is 0 Å². The first-order valence-electron chi connectivity index (χ1n) is 6.68. The van der Waals surface area contributed by atoms with Gasteiger partial charge in [0, 0.05) is 12.6 Å². The normalized spacial score (nSPS) is 12.2. The van der Waals surface area contributed by atoms with Gasteiger partial charge in [-0.25, -0.2) is 8.42 Å². The molecule has 0 spiro atoms. The van der Waals surface area contributed by atoms with E-state index in [-0.39, 0.29) is 23.3 Å². The van der Waals surface area contributed by atoms with E-state index in [0.29, 0.717) is 12.1 Å². The molecule has 0 amide bonds. The third kappa shape index (κ3) is 3.50. The van der Waals surface area contributed by atoms with Gasteiger partial charge in [0.2, 0.25) is 10.0 Å². The molecule has 0 bridgehead atoms. The molecule has 20 heavy (non-hydrogen) atoms. The molecule has 0 saturated carbocycles. The van der Waals surface area contributed by atoms with Gasteiger partial charge in [0.25, 0.3) is 0 Å². The van der Waals surface area contributed by atoms with Crippen molar-refractivity contribution in [1.29, 1.82) is 0 Å². The van der Waals surface area contributed by atoms with E-state index in [0.717, 1.165) is 6.42 Å². The molecular formula is C14H23NO4S. The van der Waals surface area contributed by atoms with E-state index < -0.39 is 10.0 Å². The summed E-state index contributed by atoms with van der Waals surface area (Å²) in [7, 11) is -2.18. The average molecular weight is 301 g/mol. The maximum absolute atomic E-state index is 12.7. The molecule has 0 unspecified atom stereocenters. The first kappa shape index (κ1) is 16.9. The van der Waals surface area contributed by atoms with Crippen LogP contribution >= 0.6 is 0 Å². The van der Waals surface area contributed by atoms with Crippen LogP contribution in [0.1, 0.15) is 32.8 Å². The molecule has 1 N–H and O–H groups in total. The van der Waals surface area contributed by atoms with E-state index in [1.165, 1.54) is 17.5 Å². The van der Waals surface area contributed by atoms with Gasteiger partial charge in [0.05, 0.1) is 13.7 Å². The lowest BCUT2D eigenvalue weighted by molar-refractivity contribution is 0.280. The zero-order chi connectivity index (χ0) is 15.3. The van der Waals surface area contributed by atoms with E-state index in [2.05, 4.69) is 0 Å². The highest BCUT2D eigenvalue weighted by molar-refractivity contribution is 7.89. The van der Waals surface area contributed by atoms with E-state index in [1.54, 1.807) is 12.1 Å². The number of benzene rings is 1. The van der Waals surface area contributed by atoms with E-state index in [9.17, 15) is 8.42 Å². The summed E-state index contributed by atoms with van der Waals surface area (Å²) < 4.78 is 32.1. The molecule has 0 fully saturated rings. The van der Waals surface area contributed by atoms with Crippen molar-refractivity contribution in [3.8, 4) is 5.75 Å².